The van der Waals surface area contributed by atoms with Gasteiger partial charge < -0.3 is 0 Å². The molecule has 0 bridgehead atoms. The molecule has 0 unspecified atom stereocenters. The third kappa shape index (κ3) is 2.88. The van der Waals surface area contributed by atoms with E-state index in [9.17, 15) is 13.2 Å². The summed E-state index contributed by atoms with van der Waals surface area (Å²) in [6.07, 6.45) is -2.90. The molecular formula is C15H10ClF3N2. The van der Waals surface area contributed by atoms with E-state index in [4.69, 9.17) is 11.6 Å². The first kappa shape index (κ1) is 13.9. The van der Waals surface area contributed by atoms with Crippen LogP contribution in [-0.2, 0) is 12.7 Å². The lowest BCUT2D eigenvalue weighted by molar-refractivity contribution is -0.137. The first-order valence-electron chi connectivity index (χ1n) is 6.21. The van der Waals surface area contributed by atoms with E-state index >= 15 is 0 Å². The van der Waals surface area contributed by atoms with Crippen molar-refractivity contribution in [1.82, 2.24) is 9.78 Å². The standard InChI is InChI=1S/C15H10ClF3N2/c16-13-4-1-10(2-5-13)9-21-14-6-3-12(15(17,18)19)7-11(14)8-20-21/h1-8H,9H2. The molecule has 0 fully saturated rings. The monoisotopic (exact) mass is 310 g/mol. The van der Waals surface area contributed by atoms with Gasteiger partial charge in [0, 0.05) is 10.4 Å². The minimum absolute atomic E-state index is 0.471. The average molecular weight is 311 g/mol. The summed E-state index contributed by atoms with van der Waals surface area (Å²) in [5.74, 6) is 0. The average Bonchev–Trinajstić information content (AvgIpc) is 2.83. The van der Waals surface area contributed by atoms with Crippen molar-refractivity contribution in [2.24, 2.45) is 0 Å². The van der Waals surface area contributed by atoms with Gasteiger partial charge in [-0.1, -0.05) is 23.7 Å². The second-order valence-electron chi connectivity index (χ2n) is 4.70. The lowest BCUT2D eigenvalue weighted by Crippen LogP contribution is -2.05. The summed E-state index contributed by atoms with van der Waals surface area (Å²) in [5.41, 5.74) is 0.975. The lowest BCUT2D eigenvalue weighted by Gasteiger charge is -2.07. The van der Waals surface area contributed by atoms with Crippen LogP contribution in [0.15, 0.2) is 48.7 Å². The van der Waals surface area contributed by atoms with Crippen LogP contribution >= 0.6 is 11.6 Å². The Kier molecular flexibility index (Phi) is 3.37. The van der Waals surface area contributed by atoms with Crippen molar-refractivity contribution in [3.63, 3.8) is 0 Å². The molecule has 0 atom stereocenters. The zero-order valence-electron chi connectivity index (χ0n) is 10.7. The van der Waals surface area contributed by atoms with Crippen LogP contribution in [-0.4, -0.2) is 9.78 Å². The highest BCUT2D eigenvalue weighted by Crippen LogP contribution is 2.31. The molecule has 1 aromatic heterocycles. The van der Waals surface area contributed by atoms with E-state index < -0.39 is 11.7 Å². The maximum atomic E-state index is 12.7. The SMILES string of the molecule is FC(F)(F)c1ccc2c(cnn2Cc2ccc(Cl)cc2)c1. The fraction of sp³-hybridized carbons (Fsp3) is 0.133. The Morgan fingerprint density at radius 2 is 1.76 bits per heavy atom. The predicted octanol–water partition coefficient (Wildman–Crippen LogP) is 4.76. The van der Waals surface area contributed by atoms with Crippen molar-refractivity contribution in [3.05, 3.63) is 64.8 Å². The molecule has 0 amide bonds. The van der Waals surface area contributed by atoms with Crippen molar-refractivity contribution < 1.29 is 13.2 Å². The van der Waals surface area contributed by atoms with Crippen LogP contribution in [0.25, 0.3) is 10.9 Å². The van der Waals surface area contributed by atoms with Crippen LogP contribution in [0.3, 0.4) is 0 Å². The molecule has 2 aromatic carbocycles. The van der Waals surface area contributed by atoms with Gasteiger partial charge in [0.2, 0.25) is 0 Å². The second kappa shape index (κ2) is 5.07. The van der Waals surface area contributed by atoms with Crippen LogP contribution in [0.4, 0.5) is 13.2 Å². The number of alkyl halides is 3. The van der Waals surface area contributed by atoms with Crippen LogP contribution in [0.5, 0.6) is 0 Å². The Hall–Kier alpha value is -2.01. The number of hydrogen-bond acceptors (Lipinski definition) is 1. The molecule has 21 heavy (non-hydrogen) atoms. The van der Waals surface area contributed by atoms with Crippen molar-refractivity contribution in [2.45, 2.75) is 12.7 Å². The highest BCUT2D eigenvalue weighted by atomic mass is 35.5. The third-order valence-corrected chi connectivity index (χ3v) is 3.47. The molecular weight excluding hydrogens is 301 g/mol. The number of fused-ring (bicyclic) bond motifs is 1. The van der Waals surface area contributed by atoms with Crippen LogP contribution in [0, 0.1) is 0 Å². The van der Waals surface area contributed by atoms with Crippen LogP contribution in [0.2, 0.25) is 5.02 Å². The number of halogens is 4. The van der Waals surface area contributed by atoms with Gasteiger partial charge in [0.05, 0.1) is 23.8 Å². The Morgan fingerprint density at radius 3 is 2.43 bits per heavy atom. The Bertz CT molecular complexity index is 776. The third-order valence-electron chi connectivity index (χ3n) is 3.21. The van der Waals surface area contributed by atoms with Gasteiger partial charge in [0.1, 0.15) is 0 Å². The molecule has 0 saturated heterocycles. The molecule has 0 radical (unpaired) electrons. The van der Waals surface area contributed by atoms with E-state index in [2.05, 4.69) is 5.10 Å². The lowest BCUT2D eigenvalue weighted by atomic mass is 10.1. The molecule has 0 aliphatic carbocycles. The highest BCUT2D eigenvalue weighted by Gasteiger charge is 2.30. The number of hydrogen-bond donors (Lipinski definition) is 0. The first-order valence-corrected chi connectivity index (χ1v) is 6.58. The molecule has 1 heterocycles. The minimum atomic E-state index is -4.34. The quantitative estimate of drug-likeness (QED) is 0.667. The highest BCUT2D eigenvalue weighted by molar-refractivity contribution is 6.30. The maximum absolute atomic E-state index is 12.7. The Morgan fingerprint density at radius 1 is 1.05 bits per heavy atom. The van der Waals surface area contributed by atoms with E-state index in [1.165, 1.54) is 12.3 Å². The Balaban J connectivity index is 1.95. The minimum Gasteiger partial charge on any atom is -0.260 e. The van der Waals surface area contributed by atoms with Crippen molar-refractivity contribution in [1.29, 1.82) is 0 Å². The number of nitrogens with zero attached hydrogens (tertiary/aromatic N) is 2. The van der Waals surface area contributed by atoms with Gasteiger partial charge in [0.25, 0.3) is 0 Å². The molecule has 0 saturated carbocycles. The van der Waals surface area contributed by atoms with E-state index in [1.807, 2.05) is 12.1 Å². The summed E-state index contributed by atoms with van der Waals surface area (Å²) in [7, 11) is 0. The molecule has 3 rings (SSSR count). The summed E-state index contributed by atoms with van der Waals surface area (Å²) in [6.45, 7) is 0.478. The zero-order chi connectivity index (χ0) is 15.0. The number of rotatable bonds is 2. The topological polar surface area (TPSA) is 17.8 Å². The molecule has 0 spiro atoms. The number of benzene rings is 2. The van der Waals surface area contributed by atoms with Gasteiger partial charge >= 0.3 is 6.18 Å². The maximum Gasteiger partial charge on any atom is 0.416 e. The van der Waals surface area contributed by atoms with E-state index in [-0.39, 0.29) is 0 Å². The Labute approximate surface area is 123 Å². The molecule has 6 heteroatoms. The van der Waals surface area contributed by atoms with E-state index in [0.717, 1.165) is 17.7 Å². The summed E-state index contributed by atoms with van der Waals surface area (Å²) in [6, 6.07) is 10.9. The van der Waals surface area contributed by atoms with Crippen LogP contribution < -0.4 is 0 Å². The molecule has 108 valence electrons. The van der Waals surface area contributed by atoms with Gasteiger partial charge in [-0.25, -0.2) is 0 Å². The summed E-state index contributed by atoms with van der Waals surface area (Å²) >= 11 is 5.82. The first-order chi connectivity index (χ1) is 9.93. The van der Waals surface area contributed by atoms with Gasteiger partial charge in [-0.05, 0) is 35.9 Å². The van der Waals surface area contributed by atoms with Crippen molar-refractivity contribution in [3.8, 4) is 0 Å². The van der Waals surface area contributed by atoms with E-state index in [0.29, 0.717) is 22.5 Å². The van der Waals surface area contributed by atoms with Gasteiger partial charge in [-0.3, -0.25) is 4.68 Å². The van der Waals surface area contributed by atoms with Crippen molar-refractivity contribution >= 4 is 22.5 Å². The summed E-state index contributed by atoms with van der Waals surface area (Å²) in [4.78, 5) is 0. The fourth-order valence-corrected chi connectivity index (χ4v) is 2.28. The van der Waals surface area contributed by atoms with Crippen LogP contribution in [0.1, 0.15) is 11.1 Å². The summed E-state index contributed by atoms with van der Waals surface area (Å²) in [5, 5.41) is 5.26. The summed E-state index contributed by atoms with van der Waals surface area (Å²) < 4.78 is 39.7. The van der Waals surface area contributed by atoms with E-state index in [1.54, 1.807) is 16.8 Å². The second-order valence-corrected chi connectivity index (χ2v) is 5.14. The predicted molar refractivity (Wildman–Crippen MR) is 75.3 cm³/mol. The molecule has 0 aliphatic heterocycles. The van der Waals surface area contributed by atoms with Gasteiger partial charge in [0.15, 0.2) is 0 Å². The normalized spacial score (nSPS) is 12.0. The fourth-order valence-electron chi connectivity index (χ4n) is 2.15. The van der Waals surface area contributed by atoms with Gasteiger partial charge in [-0.2, -0.15) is 18.3 Å². The zero-order valence-corrected chi connectivity index (χ0v) is 11.5. The van der Waals surface area contributed by atoms with Crippen molar-refractivity contribution in [2.75, 3.05) is 0 Å². The molecule has 0 N–H and O–H groups in total. The molecule has 3 aromatic rings. The molecule has 2 nitrogen and oxygen atoms in total. The molecule has 0 aliphatic rings. The smallest absolute Gasteiger partial charge is 0.260 e. The van der Waals surface area contributed by atoms with Gasteiger partial charge in [-0.15, -0.1) is 0 Å². The largest absolute Gasteiger partial charge is 0.416 e. The number of aromatic nitrogens is 2.